The molecule has 0 radical (unpaired) electrons. The van der Waals surface area contributed by atoms with E-state index in [0.717, 1.165) is 0 Å². The summed E-state index contributed by atoms with van der Waals surface area (Å²) in [5.41, 5.74) is -0.975. The van der Waals surface area contributed by atoms with E-state index in [1.54, 1.807) is 0 Å². The molecule has 0 bridgehead atoms. The van der Waals surface area contributed by atoms with Crippen LogP contribution in [0.15, 0.2) is 0 Å². The van der Waals surface area contributed by atoms with Crippen molar-refractivity contribution in [1.29, 1.82) is 0 Å². The minimum absolute atomic E-state index is 0.113. The average molecular weight is 114 g/mol. The van der Waals surface area contributed by atoms with E-state index in [0.29, 0.717) is 0 Å². The summed E-state index contributed by atoms with van der Waals surface area (Å²) < 4.78 is 0. The molecule has 0 amide bonds. The lowest BCUT2D eigenvalue weighted by atomic mass is 10.1. The molecule has 2 unspecified atom stereocenters. The van der Waals surface area contributed by atoms with Gasteiger partial charge in [-0.1, -0.05) is 0 Å². The Hall–Kier alpha value is -0.410. The quantitative estimate of drug-likeness (QED) is 0.438. The number of Topliss-reactive ketones (excluding diaryl/α,β-unsaturated/α-hetero) is 1. The summed E-state index contributed by atoms with van der Waals surface area (Å²) in [4.78, 5) is 10.2. The Labute approximate surface area is 45.9 Å². The lowest BCUT2D eigenvalue weighted by molar-refractivity contribution is -0.121. The summed E-state index contributed by atoms with van der Waals surface area (Å²) >= 11 is 0. The Morgan fingerprint density at radius 2 is 2.12 bits per heavy atom. The molecule has 0 aliphatic heterocycles. The molecule has 0 heterocycles. The molecule has 3 nitrogen and oxygen atoms in total. The van der Waals surface area contributed by atoms with Gasteiger partial charge in [-0.05, 0) is 0 Å². The molecule has 44 valence electrons. The Morgan fingerprint density at radius 3 is 2.25 bits per heavy atom. The van der Waals surface area contributed by atoms with Gasteiger partial charge in [-0.2, -0.15) is 0 Å². The van der Waals surface area contributed by atoms with Crippen molar-refractivity contribution in [2.75, 3.05) is 6.61 Å². The van der Waals surface area contributed by atoms with Crippen molar-refractivity contribution in [2.24, 2.45) is 11.8 Å². The summed E-state index contributed by atoms with van der Waals surface area (Å²) in [6.45, 7) is -0.256. The van der Waals surface area contributed by atoms with Gasteiger partial charge in [-0.3, -0.25) is 4.79 Å². The number of ketones is 1. The van der Waals surface area contributed by atoms with Crippen molar-refractivity contribution in [2.45, 2.75) is 5.60 Å². The predicted octanol–water partition coefficient (Wildman–Crippen LogP) is -1.46. The Kier molecular flexibility index (Phi) is 0.473. The smallest absolute Gasteiger partial charge is 0.146 e. The highest BCUT2D eigenvalue weighted by molar-refractivity contribution is 6.10. The van der Waals surface area contributed by atoms with E-state index in [1.165, 1.54) is 0 Å². The maximum atomic E-state index is 10.2. The number of carbonyl (C=O) groups excluding carboxylic acids is 1. The van der Waals surface area contributed by atoms with Crippen LogP contribution in [-0.4, -0.2) is 28.2 Å². The van der Waals surface area contributed by atoms with Gasteiger partial charge < -0.3 is 10.2 Å². The molecule has 2 fully saturated rings. The molecule has 2 rings (SSSR count). The zero-order valence-corrected chi connectivity index (χ0v) is 4.16. The lowest BCUT2D eigenvalue weighted by Gasteiger charge is -2.07. The van der Waals surface area contributed by atoms with Crippen LogP contribution in [0.25, 0.3) is 0 Å². The van der Waals surface area contributed by atoms with Crippen LogP contribution in [0.2, 0.25) is 0 Å². The second-order valence-corrected chi connectivity index (χ2v) is 2.51. The van der Waals surface area contributed by atoms with E-state index >= 15 is 0 Å². The highest BCUT2D eigenvalue weighted by Gasteiger charge is 2.84. The fraction of sp³-hybridized carbons (Fsp3) is 0.800. The zero-order valence-electron chi connectivity index (χ0n) is 4.16. The van der Waals surface area contributed by atoms with E-state index in [-0.39, 0.29) is 24.2 Å². The van der Waals surface area contributed by atoms with Crippen molar-refractivity contribution in [1.82, 2.24) is 0 Å². The third-order valence-corrected chi connectivity index (χ3v) is 2.06. The third-order valence-electron chi connectivity index (χ3n) is 2.06. The number of aliphatic hydroxyl groups is 2. The first-order valence-corrected chi connectivity index (χ1v) is 2.59. The minimum Gasteiger partial charge on any atom is -0.393 e. The SMILES string of the molecule is O=C1C2C1C2(O)CO. The van der Waals surface area contributed by atoms with Crippen molar-refractivity contribution >= 4 is 5.78 Å². The number of carbonyl (C=O) groups is 1. The van der Waals surface area contributed by atoms with Crippen LogP contribution in [0.3, 0.4) is 0 Å². The lowest BCUT2D eigenvalue weighted by Crippen LogP contribution is -2.28. The van der Waals surface area contributed by atoms with Gasteiger partial charge in [0.25, 0.3) is 0 Å². The van der Waals surface area contributed by atoms with Crippen molar-refractivity contribution in [3.63, 3.8) is 0 Å². The molecule has 2 atom stereocenters. The minimum atomic E-state index is -0.975. The summed E-state index contributed by atoms with van der Waals surface area (Å²) in [6.07, 6.45) is 0. The summed E-state index contributed by atoms with van der Waals surface area (Å²) in [6, 6.07) is 0. The maximum Gasteiger partial charge on any atom is 0.146 e. The maximum absolute atomic E-state index is 10.2. The third kappa shape index (κ3) is 0.231. The molecule has 0 aromatic rings. The first-order valence-electron chi connectivity index (χ1n) is 2.59. The molecule has 0 spiro atoms. The van der Waals surface area contributed by atoms with E-state index < -0.39 is 5.60 Å². The van der Waals surface area contributed by atoms with Gasteiger partial charge in [0.15, 0.2) is 0 Å². The van der Waals surface area contributed by atoms with Crippen LogP contribution in [-0.2, 0) is 4.79 Å². The first kappa shape index (κ1) is 4.47. The fourth-order valence-corrected chi connectivity index (χ4v) is 1.26. The number of hydrogen-bond donors (Lipinski definition) is 2. The molecule has 0 aromatic carbocycles. The van der Waals surface area contributed by atoms with Gasteiger partial charge >= 0.3 is 0 Å². The van der Waals surface area contributed by atoms with Gasteiger partial charge in [-0.25, -0.2) is 0 Å². The van der Waals surface area contributed by atoms with Gasteiger partial charge in [0.2, 0.25) is 0 Å². The van der Waals surface area contributed by atoms with Crippen LogP contribution in [0.5, 0.6) is 0 Å². The van der Waals surface area contributed by atoms with Crippen molar-refractivity contribution < 1.29 is 15.0 Å². The first-order chi connectivity index (χ1) is 3.72. The Balaban J connectivity index is 2.10. The molecule has 2 aliphatic rings. The summed E-state index contributed by atoms with van der Waals surface area (Å²) in [7, 11) is 0. The number of fused-ring (bicyclic) bond motifs is 1. The second-order valence-electron chi connectivity index (χ2n) is 2.51. The monoisotopic (exact) mass is 114 g/mol. The molecule has 8 heavy (non-hydrogen) atoms. The number of hydrogen-bond acceptors (Lipinski definition) is 3. The Morgan fingerprint density at radius 1 is 1.62 bits per heavy atom. The number of rotatable bonds is 1. The van der Waals surface area contributed by atoms with Crippen LogP contribution in [0, 0.1) is 11.8 Å². The fourth-order valence-electron chi connectivity index (χ4n) is 1.26. The predicted molar refractivity (Wildman–Crippen MR) is 24.0 cm³/mol. The van der Waals surface area contributed by atoms with E-state index in [9.17, 15) is 4.79 Å². The highest BCUT2D eigenvalue weighted by Crippen LogP contribution is 2.66. The molecule has 0 aromatic heterocycles. The Bertz CT molecular complexity index is 151. The molecular weight excluding hydrogens is 108 g/mol. The van der Waals surface area contributed by atoms with Crippen LogP contribution >= 0.6 is 0 Å². The number of aliphatic hydroxyl groups excluding tert-OH is 1. The molecule has 2 N–H and O–H groups in total. The molecule has 0 saturated heterocycles. The summed E-state index contributed by atoms with van der Waals surface area (Å²) in [5.74, 6) is -0.262. The second kappa shape index (κ2) is 0.847. The molecule has 2 saturated carbocycles. The van der Waals surface area contributed by atoms with Gasteiger partial charge in [0, 0.05) is 0 Å². The largest absolute Gasteiger partial charge is 0.393 e. The zero-order chi connectivity index (χ0) is 5.94. The average Bonchev–Trinajstić information content (AvgIpc) is 2.57. The van der Waals surface area contributed by atoms with Gasteiger partial charge in [0.05, 0.1) is 18.4 Å². The van der Waals surface area contributed by atoms with Crippen molar-refractivity contribution in [3.8, 4) is 0 Å². The van der Waals surface area contributed by atoms with E-state index in [4.69, 9.17) is 10.2 Å². The summed E-state index contributed by atoms with van der Waals surface area (Å²) in [5, 5.41) is 17.3. The standard InChI is InChI=1S/C5H6O3/c6-1-5(8)2-3(5)4(2)7/h2-3,6,8H,1H2. The van der Waals surface area contributed by atoms with E-state index in [1.807, 2.05) is 0 Å². The highest BCUT2D eigenvalue weighted by atomic mass is 16.3. The normalized spacial score (nSPS) is 58.0. The van der Waals surface area contributed by atoms with Crippen LogP contribution < -0.4 is 0 Å². The van der Waals surface area contributed by atoms with Crippen molar-refractivity contribution in [3.05, 3.63) is 0 Å². The van der Waals surface area contributed by atoms with Gasteiger partial charge in [0.1, 0.15) is 11.4 Å². The molecular formula is C5H6O3. The van der Waals surface area contributed by atoms with Gasteiger partial charge in [-0.15, -0.1) is 0 Å². The van der Waals surface area contributed by atoms with Crippen LogP contribution in [0.1, 0.15) is 0 Å². The topological polar surface area (TPSA) is 57.5 Å². The van der Waals surface area contributed by atoms with E-state index in [2.05, 4.69) is 0 Å². The molecule has 2 aliphatic carbocycles. The van der Waals surface area contributed by atoms with Crippen LogP contribution in [0.4, 0.5) is 0 Å². The molecule has 3 heteroatoms.